The average Bonchev–Trinajstić information content (AvgIpc) is 3.41. The SMILES string of the molecule is C[C@@]12C[C@]1(C(=O)OCc1ccc([N+](=O)[O-])cc1)N1C(=O)[C@@H](NC(=O)Cc3ccccc3)[C@H]1[S@]2=O. The molecule has 0 aromatic heterocycles. The lowest BCUT2D eigenvalue weighted by atomic mass is 10.00. The summed E-state index contributed by atoms with van der Waals surface area (Å²) >= 11 is 0. The Morgan fingerprint density at radius 1 is 1.18 bits per heavy atom. The van der Waals surface area contributed by atoms with Gasteiger partial charge in [-0.15, -0.1) is 0 Å². The maximum Gasteiger partial charge on any atom is 0.334 e. The van der Waals surface area contributed by atoms with Gasteiger partial charge in [-0.3, -0.25) is 23.9 Å². The predicted octanol–water partition coefficient (Wildman–Crippen LogP) is 1.20. The third-order valence-electron chi connectivity index (χ3n) is 6.84. The molecule has 5 atom stereocenters. The van der Waals surface area contributed by atoms with Crippen molar-refractivity contribution in [3.05, 3.63) is 75.8 Å². The summed E-state index contributed by atoms with van der Waals surface area (Å²) in [5.74, 6) is -1.47. The number of carbonyl (C=O) groups excluding carboxylic acids is 3. The molecular formula is C23H21N3O7S. The van der Waals surface area contributed by atoms with Crippen LogP contribution >= 0.6 is 0 Å². The number of non-ortho nitro benzene ring substituents is 1. The molecule has 5 rings (SSSR count). The molecule has 10 nitrogen and oxygen atoms in total. The highest BCUT2D eigenvalue weighted by Gasteiger charge is 2.88. The van der Waals surface area contributed by atoms with Crippen LogP contribution in [-0.2, 0) is 42.9 Å². The zero-order valence-electron chi connectivity index (χ0n) is 18.1. The van der Waals surface area contributed by atoms with E-state index < -0.39 is 49.3 Å². The molecule has 1 saturated carbocycles. The highest BCUT2D eigenvalue weighted by atomic mass is 32.2. The van der Waals surface area contributed by atoms with Crippen molar-refractivity contribution in [1.29, 1.82) is 0 Å². The van der Waals surface area contributed by atoms with Crippen LogP contribution in [0.1, 0.15) is 24.5 Å². The summed E-state index contributed by atoms with van der Waals surface area (Å²) in [7, 11) is -1.56. The molecule has 2 aliphatic heterocycles. The molecule has 2 heterocycles. The molecule has 0 radical (unpaired) electrons. The van der Waals surface area contributed by atoms with Gasteiger partial charge in [-0.25, -0.2) is 4.79 Å². The summed E-state index contributed by atoms with van der Waals surface area (Å²) < 4.78 is 17.7. The van der Waals surface area contributed by atoms with E-state index in [0.717, 1.165) is 5.56 Å². The van der Waals surface area contributed by atoms with Gasteiger partial charge in [0.15, 0.2) is 5.54 Å². The minimum absolute atomic E-state index is 0.0796. The second-order valence-electron chi connectivity index (χ2n) is 8.87. The summed E-state index contributed by atoms with van der Waals surface area (Å²) in [6.07, 6.45) is 0.308. The summed E-state index contributed by atoms with van der Waals surface area (Å²) in [4.78, 5) is 50.0. The first-order chi connectivity index (χ1) is 16.2. The summed E-state index contributed by atoms with van der Waals surface area (Å²) in [5, 5.41) is 12.7. The number of amides is 2. The van der Waals surface area contributed by atoms with Crippen LogP contribution in [0.4, 0.5) is 5.69 Å². The second-order valence-corrected chi connectivity index (χ2v) is 10.9. The Morgan fingerprint density at radius 2 is 1.85 bits per heavy atom. The molecule has 3 aliphatic rings. The summed E-state index contributed by atoms with van der Waals surface area (Å²) in [5.41, 5.74) is -0.0586. The fourth-order valence-electron chi connectivity index (χ4n) is 4.88. The van der Waals surface area contributed by atoms with Gasteiger partial charge >= 0.3 is 5.97 Å². The second kappa shape index (κ2) is 7.73. The monoisotopic (exact) mass is 483 g/mol. The number of nitro benzene ring substituents is 1. The number of esters is 1. The van der Waals surface area contributed by atoms with E-state index in [0.29, 0.717) is 5.56 Å². The van der Waals surface area contributed by atoms with Gasteiger partial charge in [0, 0.05) is 18.6 Å². The van der Waals surface area contributed by atoms with Crippen LogP contribution < -0.4 is 5.32 Å². The fraction of sp³-hybridized carbons (Fsp3) is 0.348. The topological polar surface area (TPSA) is 136 Å². The summed E-state index contributed by atoms with van der Waals surface area (Å²) in [6, 6.07) is 13.7. The summed E-state index contributed by atoms with van der Waals surface area (Å²) in [6.45, 7) is 1.55. The van der Waals surface area contributed by atoms with Crippen molar-refractivity contribution in [3.63, 3.8) is 0 Å². The van der Waals surface area contributed by atoms with Gasteiger partial charge in [0.1, 0.15) is 18.0 Å². The lowest BCUT2D eigenvalue weighted by molar-refractivity contribution is -0.384. The number of nitrogens with zero attached hydrogens (tertiary/aromatic N) is 2. The lowest BCUT2D eigenvalue weighted by Crippen LogP contribution is -2.73. The van der Waals surface area contributed by atoms with Crippen LogP contribution in [0.25, 0.3) is 0 Å². The predicted molar refractivity (Wildman–Crippen MR) is 119 cm³/mol. The molecule has 0 bridgehead atoms. The van der Waals surface area contributed by atoms with Gasteiger partial charge in [-0.1, -0.05) is 30.3 Å². The van der Waals surface area contributed by atoms with Crippen LogP contribution in [0, 0.1) is 10.1 Å². The molecule has 176 valence electrons. The van der Waals surface area contributed by atoms with Crippen molar-refractivity contribution in [2.75, 3.05) is 0 Å². The molecule has 11 heteroatoms. The number of rotatable bonds is 7. The number of nitro groups is 1. The van der Waals surface area contributed by atoms with Crippen molar-refractivity contribution in [2.45, 2.75) is 48.1 Å². The minimum atomic E-state index is -1.56. The van der Waals surface area contributed by atoms with Crippen LogP contribution in [0.5, 0.6) is 0 Å². The number of ether oxygens (including phenoxy) is 1. The molecule has 0 spiro atoms. The van der Waals surface area contributed by atoms with Gasteiger partial charge in [-0.2, -0.15) is 0 Å². The zero-order chi connectivity index (χ0) is 24.3. The smallest absolute Gasteiger partial charge is 0.334 e. The van der Waals surface area contributed by atoms with E-state index in [1.165, 1.54) is 29.2 Å². The van der Waals surface area contributed by atoms with Gasteiger partial charge in [0.2, 0.25) is 11.8 Å². The van der Waals surface area contributed by atoms with Crippen LogP contribution in [0.3, 0.4) is 0 Å². The first-order valence-corrected chi connectivity index (χ1v) is 11.9. The van der Waals surface area contributed by atoms with Crippen molar-refractivity contribution in [2.24, 2.45) is 0 Å². The van der Waals surface area contributed by atoms with Crippen molar-refractivity contribution in [3.8, 4) is 0 Å². The van der Waals surface area contributed by atoms with Crippen LogP contribution in [0.2, 0.25) is 0 Å². The zero-order valence-corrected chi connectivity index (χ0v) is 18.9. The molecule has 2 aromatic carbocycles. The maximum atomic E-state index is 13.2. The van der Waals surface area contributed by atoms with Gasteiger partial charge < -0.3 is 15.0 Å². The number of fused-ring (bicyclic) bond motifs is 3. The third-order valence-corrected chi connectivity index (χ3v) is 9.13. The highest BCUT2D eigenvalue weighted by Crippen LogP contribution is 2.66. The number of hydrogen-bond donors (Lipinski definition) is 1. The van der Waals surface area contributed by atoms with E-state index in [1.54, 1.807) is 19.1 Å². The third kappa shape index (κ3) is 3.14. The fourth-order valence-corrected chi connectivity index (χ4v) is 7.19. The molecular weight excluding hydrogens is 462 g/mol. The number of carbonyl (C=O) groups is 3. The molecule has 1 N–H and O–H groups in total. The molecule has 0 unspecified atom stereocenters. The quantitative estimate of drug-likeness (QED) is 0.270. The highest BCUT2D eigenvalue weighted by molar-refractivity contribution is 7.88. The molecule has 1 aliphatic carbocycles. The van der Waals surface area contributed by atoms with Gasteiger partial charge in [0.05, 0.1) is 26.9 Å². The van der Waals surface area contributed by atoms with E-state index in [1.807, 2.05) is 18.2 Å². The average molecular weight is 484 g/mol. The first-order valence-electron chi connectivity index (χ1n) is 10.7. The van der Waals surface area contributed by atoms with Crippen LogP contribution in [-0.4, -0.2) is 53.5 Å². The maximum absolute atomic E-state index is 13.2. The Balaban J connectivity index is 1.26. The normalized spacial score (nSPS) is 30.6. The van der Waals surface area contributed by atoms with Gasteiger partial charge in [0.25, 0.3) is 5.69 Å². The Morgan fingerprint density at radius 3 is 2.50 bits per heavy atom. The van der Waals surface area contributed by atoms with Crippen molar-refractivity contribution < 1.29 is 28.3 Å². The molecule has 2 amide bonds. The standard InChI is InChI=1S/C23H21N3O7S/c1-22-13-23(22,21(29)33-12-15-7-9-16(10-8-15)26(30)31)25-19(28)18(20(25)34(22)32)24-17(27)11-14-5-3-2-4-6-14/h2-10,18,20H,11-13H2,1H3,(H,24,27)/t18-,20-,22-,23-,34-/m1/s1. The Kier molecular flexibility index (Phi) is 5.05. The van der Waals surface area contributed by atoms with E-state index in [-0.39, 0.29) is 31.0 Å². The van der Waals surface area contributed by atoms with Gasteiger partial charge in [-0.05, 0) is 30.2 Å². The van der Waals surface area contributed by atoms with E-state index in [9.17, 15) is 28.7 Å². The molecule has 2 aromatic rings. The van der Waals surface area contributed by atoms with E-state index in [4.69, 9.17) is 4.74 Å². The molecule has 2 saturated heterocycles. The van der Waals surface area contributed by atoms with E-state index >= 15 is 0 Å². The first kappa shape index (κ1) is 22.2. The Labute approximate surface area is 196 Å². The number of hydrogen-bond acceptors (Lipinski definition) is 7. The number of β-lactam (4-membered cyclic amide) rings is 1. The van der Waals surface area contributed by atoms with E-state index in [2.05, 4.69) is 5.32 Å². The van der Waals surface area contributed by atoms with Crippen molar-refractivity contribution in [1.82, 2.24) is 10.2 Å². The minimum Gasteiger partial charge on any atom is -0.459 e. The largest absolute Gasteiger partial charge is 0.459 e. The van der Waals surface area contributed by atoms with Crippen LogP contribution in [0.15, 0.2) is 54.6 Å². The number of nitrogens with one attached hydrogen (secondary N) is 1. The lowest BCUT2D eigenvalue weighted by Gasteiger charge is -2.45. The molecule has 3 fully saturated rings. The Hall–Kier alpha value is -3.60. The number of benzene rings is 2. The Bertz CT molecular complexity index is 1230. The molecule has 34 heavy (non-hydrogen) atoms. The van der Waals surface area contributed by atoms with Crippen molar-refractivity contribution >= 4 is 34.3 Å².